The third-order valence-electron chi connectivity index (χ3n) is 5.73. The van der Waals surface area contributed by atoms with Crippen LogP contribution in [0.4, 0.5) is 5.82 Å². The Morgan fingerprint density at radius 2 is 1.96 bits per heavy atom. The van der Waals surface area contributed by atoms with Gasteiger partial charge in [-0.3, -0.25) is 9.69 Å². The van der Waals surface area contributed by atoms with Gasteiger partial charge in [-0.25, -0.2) is 9.67 Å². The molecule has 5 rings (SSSR count). The van der Waals surface area contributed by atoms with E-state index >= 15 is 0 Å². The highest BCUT2D eigenvalue weighted by Crippen LogP contribution is 2.27. The predicted octanol–water partition coefficient (Wildman–Crippen LogP) is 0.707. The lowest BCUT2D eigenvalue weighted by molar-refractivity contribution is 0.0242. The Hall–Kier alpha value is -2.61. The number of likely N-dealkylation sites (tertiary alicyclic amines) is 1. The molecule has 8 heteroatoms. The van der Waals surface area contributed by atoms with Crippen LogP contribution in [0, 0.1) is 0 Å². The molecule has 5 heterocycles. The number of fused-ring (bicyclic) bond motifs is 1. The van der Waals surface area contributed by atoms with E-state index in [1.54, 1.807) is 10.9 Å². The summed E-state index contributed by atoms with van der Waals surface area (Å²) in [5, 5.41) is 4.29. The van der Waals surface area contributed by atoms with Gasteiger partial charge in [-0.05, 0) is 12.1 Å². The fraction of sp³-hybridized carbons (Fsp3) is 0.526. The fourth-order valence-corrected chi connectivity index (χ4v) is 4.09. The molecule has 1 amide bonds. The molecule has 0 bridgehead atoms. The summed E-state index contributed by atoms with van der Waals surface area (Å²) in [7, 11) is 0. The summed E-state index contributed by atoms with van der Waals surface area (Å²) >= 11 is 0. The minimum absolute atomic E-state index is 0.0431. The number of hydrogen-bond donors (Lipinski definition) is 0. The van der Waals surface area contributed by atoms with Crippen LogP contribution >= 0.6 is 0 Å². The first-order valence-electron chi connectivity index (χ1n) is 9.67. The number of pyridine rings is 1. The van der Waals surface area contributed by atoms with Crippen LogP contribution in [0.2, 0.25) is 0 Å². The molecule has 8 nitrogen and oxygen atoms in total. The van der Waals surface area contributed by atoms with Crippen LogP contribution in [0.25, 0.3) is 0 Å². The van der Waals surface area contributed by atoms with E-state index in [1.165, 1.54) is 0 Å². The van der Waals surface area contributed by atoms with Crippen LogP contribution in [0.15, 0.2) is 30.6 Å². The summed E-state index contributed by atoms with van der Waals surface area (Å²) < 4.78 is 7.46. The first-order chi connectivity index (χ1) is 13.3. The average Bonchev–Trinajstić information content (AvgIpc) is 3.12. The zero-order chi connectivity index (χ0) is 18.2. The molecular weight excluding hydrogens is 344 g/mol. The average molecular weight is 368 g/mol. The molecule has 0 aliphatic carbocycles. The quantitative estimate of drug-likeness (QED) is 0.795. The zero-order valence-electron chi connectivity index (χ0n) is 15.3. The van der Waals surface area contributed by atoms with E-state index in [2.05, 4.69) is 25.9 Å². The number of aromatic nitrogens is 3. The molecule has 2 fully saturated rings. The van der Waals surface area contributed by atoms with Gasteiger partial charge in [0.25, 0.3) is 5.91 Å². The van der Waals surface area contributed by atoms with Crippen molar-refractivity contribution < 1.29 is 9.53 Å². The second kappa shape index (κ2) is 6.84. The van der Waals surface area contributed by atoms with Crippen molar-refractivity contribution in [2.24, 2.45) is 0 Å². The van der Waals surface area contributed by atoms with Gasteiger partial charge in [-0.1, -0.05) is 6.07 Å². The van der Waals surface area contributed by atoms with Crippen molar-refractivity contribution in [2.75, 3.05) is 50.8 Å². The number of nitrogens with zero attached hydrogens (tertiary/aromatic N) is 6. The van der Waals surface area contributed by atoms with Gasteiger partial charge in [0, 0.05) is 64.5 Å². The Bertz CT molecular complexity index is 809. The van der Waals surface area contributed by atoms with Crippen LogP contribution < -0.4 is 9.64 Å². The van der Waals surface area contributed by atoms with Crippen molar-refractivity contribution in [3.8, 4) is 5.88 Å². The highest BCUT2D eigenvalue weighted by molar-refractivity contribution is 5.96. The van der Waals surface area contributed by atoms with Gasteiger partial charge < -0.3 is 14.5 Å². The summed E-state index contributed by atoms with van der Waals surface area (Å²) in [6.45, 7) is 7.03. The Morgan fingerprint density at radius 1 is 1.11 bits per heavy atom. The number of piperazine rings is 1. The highest BCUT2D eigenvalue weighted by Gasteiger charge is 2.38. The van der Waals surface area contributed by atoms with E-state index in [9.17, 15) is 4.79 Å². The molecular formula is C19H24N6O2. The summed E-state index contributed by atoms with van der Waals surface area (Å²) in [5.74, 6) is 1.73. The first-order valence-corrected chi connectivity index (χ1v) is 9.67. The molecule has 3 aliphatic heterocycles. The van der Waals surface area contributed by atoms with Gasteiger partial charge in [-0.15, -0.1) is 0 Å². The maximum atomic E-state index is 12.8. The molecule has 0 radical (unpaired) electrons. The lowest BCUT2D eigenvalue weighted by atomic mass is 10.0. The van der Waals surface area contributed by atoms with Crippen molar-refractivity contribution in [3.05, 3.63) is 36.2 Å². The molecule has 0 aromatic carbocycles. The van der Waals surface area contributed by atoms with Gasteiger partial charge in [0.1, 0.15) is 11.4 Å². The van der Waals surface area contributed by atoms with Gasteiger partial charge in [-0.2, -0.15) is 5.10 Å². The topological polar surface area (TPSA) is 66.7 Å². The van der Waals surface area contributed by atoms with E-state index in [0.717, 1.165) is 58.1 Å². The Labute approximate surface area is 158 Å². The number of carbonyl (C=O) groups excluding carboxylic acids is 1. The van der Waals surface area contributed by atoms with Crippen LogP contribution in [0.5, 0.6) is 5.88 Å². The molecule has 2 aromatic rings. The number of aryl methyl sites for hydroxylation is 1. The largest absolute Gasteiger partial charge is 0.477 e. The Kier molecular flexibility index (Phi) is 4.20. The number of anilines is 1. The van der Waals surface area contributed by atoms with Crippen molar-refractivity contribution >= 4 is 11.7 Å². The van der Waals surface area contributed by atoms with Gasteiger partial charge in [0.05, 0.1) is 12.8 Å². The lowest BCUT2D eigenvalue weighted by Crippen LogP contribution is -2.64. The molecule has 0 unspecified atom stereocenters. The molecule has 3 aliphatic rings. The standard InChI is InChI=1S/C19H24N6O2/c26-18(16-12-21-25-6-3-11-27-19(16)25)24-13-15(14-24)22-7-9-23(10-8-22)17-4-1-2-5-20-17/h1-2,4-5,12,15H,3,6-11,13-14H2. The third kappa shape index (κ3) is 3.03. The first kappa shape index (κ1) is 16.6. The lowest BCUT2D eigenvalue weighted by Gasteiger charge is -2.48. The summed E-state index contributed by atoms with van der Waals surface area (Å²) in [6.07, 6.45) is 4.44. The second-order valence-corrected chi connectivity index (χ2v) is 7.36. The third-order valence-corrected chi connectivity index (χ3v) is 5.73. The monoisotopic (exact) mass is 368 g/mol. The fourth-order valence-electron chi connectivity index (χ4n) is 4.09. The number of carbonyl (C=O) groups is 1. The van der Waals surface area contributed by atoms with Crippen LogP contribution in [0.3, 0.4) is 0 Å². The second-order valence-electron chi connectivity index (χ2n) is 7.36. The highest BCUT2D eigenvalue weighted by atomic mass is 16.5. The summed E-state index contributed by atoms with van der Waals surface area (Å²) in [5.41, 5.74) is 0.605. The smallest absolute Gasteiger partial charge is 0.261 e. The number of amides is 1. The van der Waals surface area contributed by atoms with E-state index in [0.29, 0.717) is 24.1 Å². The molecule has 2 saturated heterocycles. The minimum Gasteiger partial charge on any atom is -0.477 e. The van der Waals surface area contributed by atoms with E-state index in [1.807, 2.05) is 23.2 Å². The van der Waals surface area contributed by atoms with Crippen molar-refractivity contribution in [1.29, 1.82) is 0 Å². The molecule has 0 spiro atoms. The van der Waals surface area contributed by atoms with E-state index in [-0.39, 0.29) is 5.91 Å². The normalized spacial score (nSPS) is 20.7. The SMILES string of the molecule is O=C(c1cnn2c1OCCC2)N1CC(N2CCN(c3ccccn3)CC2)C1. The van der Waals surface area contributed by atoms with Gasteiger partial charge in [0.2, 0.25) is 5.88 Å². The molecule has 0 atom stereocenters. The van der Waals surface area contributed by atoms with Crippen molar-refractivity contribution in [1.82, 2.24) is 24.6 Å². The molecule has 0 saturated carbocycles. The predicted molar refractivity (Wildman–Crippen MR) is 100 cm³/mol. The van der Waals surface area contributed by atoms with Crippen LogP contribution in [0.1, 0.15) is 16.8 Å². The number of hydrogen-bond acceptors (Lipinski definition) is 6. The summed E-state index contributed by atoms with van der Waals surface area (Å²) in [6, 6.07) is 6.49. The molecule has 142 valence electrons. The summed E-state index contributed by atoms with van der Waals surface area (Å²) in [4.78, 5) is 24.0. The van der Waals surface area contributed by atoms with Gasteiger partial charge in [0.15, 0.2) is 0 Å². The van der Waals surface area contributed by atoms with Gasteiger partial charge >= 0.3 is 0 Å². The Balaban J connectivity index is 1.15. The zero-order valence-corrected chi connectivity index (χ0v) is 15.3. The molecule has 0 N–H and O–H groups in total. The minimum atomic E-state index is 0.0431. The van der Waals surface area contributed by atoms with E-state index in [4.69, 9.17) is 4.74 Å². The van der Waals surface area contributed by atoms with Crippen molar-refractivity contribution in [3.63, 3.8) is 0 Å². The Morgan fingerprint density at radius 3 is 2.74 bits per heavy atom. The molecule has 27 heavy (non-hydrogen) atoms. The number of ether oxygens (including phenoxy) is 1. The van der Waals surface area contributed by atoms with Crippen LogP contribution in [-0.2, 0) is 6.54 Å². The molecule has 2 aromatic heterocycles. The van der Waals surface area contributed by atoms with E-state index < -0.39 is 0 Å². The number of rotatable bonds is 3. The van der Waals surface area contributed by atoms with Crippen LogP contribution in [-0.4, -0.2) is 82.4 Å². The maximum absolute atomic E-state index is 12.8. The maximum Gasteiger partial charge on any atom is 0.261 e. The van der Waals surface area contributed by atoms with Crippen molar-refractivity contribution in [2.45, 2.75) is 19.0 Å².